The van der Waals surface area contributed by atoms with E-state index < -0.39 is 11.7 Å². The number of carbonyl (C=O) groups is 1. The molecule has 2 heterocycles. The number of aromatic amines is 1. The van der Waals surface area contributed by atoms with Gasteiger partial charge in [0.05, 0.1) is 5.69 Å². The third-order valence-corrected chi connectivity index (χ3v) is 2.16. The normalized spacial score (nSPS) is 10.7. The molecule has 0 aliphatic rings. The summed E-state index contributed by atoms with van der Waals surface area (Å²) >= 11 is 0. The van der Waals surface area contributed by atoms with Gasteiger partial charge in [-0.1, -0.05) is 6.92 Å². The highest BCUT2D eigenvalue weighted by Crippen LogP contribution is 2.10. The molecule has 0 atom stereocenters. The number of aryl methyl sites for hydroxylation is 1. The van der Waals surface area contributed by atoms with E-state index in [4.69, 9.17) is 5.11 Å². The molecule has 2 rings (SSSR count). The topological polar surface area (TPSA) is 87.5 Å². The highest BCUT2D eigenvalue weighted by atomic mass is 16.4. The molecule has 2 aromatic rings. The third-order valence-electron chi connectivity index (χ3n) is 2.16. The fourth-order valence-corrected chi connectivity index (χ4v) is 1.52. The molecule has 6 nitrogen and oxygen atoms in total. The molecule has 0 bridgehead atoms. The molecule has 0 spiro atoms. The summed E-state index contributed by atoms with van der Waals surface area (Å²) in [5.41, 5.74) is 0.221. The number of imidazole rings is 1. The number of aromatic carboxylic acids is 1. The first-order valence-electron chi connectivity index (χ1n) is 4.47. The van der Waals surface area contributed by atoms with Gasteiger partial charge in [0.15, 0.2) is 5.69 Å². The van der Waals surface area contributed by atoms with Crippen LogP contribution in [0.1, 0.15) is 23.1 Å². The van der Waals surface area contributed by atoms with Crippen LogP contribution in [0.25, 0.3) is 5.65 Å². The maximum absolute atomic E-state index is 11.4. The maximum atomic E-state index is 11.4. The molecular weight excluding hydrogens is 198 g/mol. The number of H-pyrrole nitrogens is 1. The van der Waals surface area contributed by atoms with Crippen molar-refractivity contribution in [3.05, 3.63) is 34.1 Å². The van der Waals surface area contributed by atoms with E-state index in [1.807, 2.05) is 0 Å². The second kappa shape index (κ2) is 3.23. The van der Waals surface area contributed by atoms with E-state index in [1.54, 1.807) is 13.0 Å². The zero-order chi connectivity index (χ0) is 11.0. The zero-order valence-electron chi connectivity index (χ0n) is 8.02. The summed E-state index contributed by atoms with van der Waals surface area (Å²) in [6.45, 7) is 1.79. The van der Waals surface area contributed by atoms with E-state index in [2.05, 4.69) is 9.97 Å². The van der Waals surface area contributed by atoms with Crippen LogP contribution in [0, 0.1) is 0 Å². The van der Waals surface area contributed by atoms with Gasteiger partial charge in [-0.3, -0.25) is 0 Å². The van der Waals surface area contributed by atoms with Gasteiger partial charge in [-0.05, 0) is 12.5 Å². The number of fused-ring (bicyclic) bond motifs is 1. The van der Waals surface area contributed by atoms with Gasteiger partial charge in [-0.25, -0.2) is 19.0 Å². The largest absolute Gasteiger partial charge is 0.477 e. The lowest BCUT2D eigenvalue weighted by Crippen LogP contribution is -2.20. The average molecular weight is 207 g/mol. The van der Waals surface area contributed by atoms with Crippen LogP contribution in [0.3, 0.4) is 0 Å². The molecule has 2 aromatic heterocycles. The van der Waals surface area contributed by atoms with Gasteiger partial charge in [0.2, 0.25) is 0 Å². The second-order valence-corrected chi connectivity index (χ2v) is 3.04. The molecule has 0 unspecified atom stereocenters. The highest BCUT2D eigenvalue weighted by molar-refractivity contribution is 5.88. The number of nitrogens with one attached hydrogen (secondary N) is 1. The Morgan fingerprint density at radius 2 is 2.40 bits per heavy atom. The molecule has 78 valence electrons. The summed E-state index contributed by atoms with van der Waals surface area (Å²) < 4.78 is 1.07. The summed E-state index contributed by atoms with van der Waals surface area (Å²) in [5, 5.41) is 8.99. The van der Waals surface area contributed by atoms with Crippen LogP contribution in [0.15, 0.2) is 17.1 Å². The number of carboxylic acids is 1. The van der Waals surface area contributed by atoms with E-state index in [0.29, 0.717) is 17.8 Å². The monoisotopic (exact) mass is 207 g/mol. The van der Waals surface area contributed by atoms with E-state index >= 15 is 0 Å². The van der Waals surface area contributed by atoms with Crippen LogP contribution < -0.4 is 5.69 Å². The lowest BCUT2D eigenvalue weighted by molar-refractivity contribution is 0.0687. The predicted octanol–water partition coefficient (Wildman–Crippen LogP) is 0.283. The van der Waals surface area contributed by atoms with E-state index in [1.165, 1.54) is 6.20 Å². The van der Waals surface area contributed by atoms with Crippen molar-refractivity contribution < 1.29 is 9.90 Å². The van der Waals surface area contributed by atoms with Crippen molar-refractivity contribution in [3.63, 3.8) is 0 Å². The van der Waals surface area contributed by atoms with Crippen molar-refractivity contribution in [1.82, 2.24) is 14.4 Å². The third kappa shape index (κ3) is 1.30. The number of carboxylic acid groups (broad SMARTS) is 1. The number of nitrogens with zero attached hydrogens (tertiary/aromatic N) is 2. The molecular formula is C9H9N3O3. The summed E-state index contributed by atoms with van der Waals surface area (Å²) in [4.78, 5) is 28.9. The first-order valence-corrected chi connectivity index (χ1v) is 4.47. The Morgan fingerprint density at radius 3 is 3.00 bits per heavy atom. The number of aromatic nitrogens is 3. The molecule has 0 aliphatic heterocycles. The van der Waals surface area contributed by atoms with Crippen molar-refractivity contribution in [2.24, 2.45) is 0 Å². The summed E-state index contributed by atoms with van der Waals surface area (Å²) in [7, 11) is 0. The van der Waals surface area contributed by atoms with Crippen LogP contribution in [-0.4, -0.2) is 25.4 Å². The molecule has 6 heteroatoms. The lowest BCUT2D eigenvalue weighted by atomic mass is 10.3. The summed E-state index contributed by atoms with van der Waals surface area (Å²) in [6.07, 6.45) is 1.92. The molecule has 0 aromatic carbocycles. The van der Waals surface area contributed by atoms with E-state index in [9.17, 15) is 9.59 Å². The molecule has 0 fully saturated rings. The number of rotatable bonds is 2. The van der Waals surface area contributed by atoms with E-state index in [-0.39, 0.29) is 5.69 Å². The van der Waals surface area contributed by atoms with Crippen LogP contribution in [-0.2, 0) is 6.42 Å². The molecule has 0 aliphatic carbocycles. The van der Waals surface area contributed by atoms with Crippen LogP contribution in [0.2, 0.25) is 0 Å². The first-order chi connectivity index (χ1) is 7.15. The zero-order valence-corrected chi connectivity index (χ0v) is 8.02. The first kappa shape index (κ1) is 9.45. The Hall–Kier alpha value is -2.11. The van der Waals surface area contributed by atoms with Gasteiger partial charge in [-0.2, -0.15) is 0 Å². The average Bonchev–Trinajstić information content (AvgIpc) is 2.57. The van der Waals surface area contributed by atoms with Gasteiger partial charge < -0.3 is 10.1 Å². The minimum Gasteiger partial charge on any atom is -0.477 e. The van der Waals surface area contributed by atoms with Crippen LogP contribution >= 0.6 is 0 Å². The van der Waals surface area contributed by atoms with Gasteiger partial charge >= 0.3 is 11.7 Å². The van der Waals surface area contributed by atoms with Crippen LogP contribution in [0.4, 0.5) is 0 Å². The molecule has 0 saturated heterocycles. The lowest BCUT2D eigenvalue weighted by Gasteiger charge is -1.95. The van der Waals surface area contributed by atoms with Gasteiger partial charge in [-0.15, -0.1) is 0 Å². The van der Waals surface area contributed by atoms with Gasteiger partial charge in [0, 0.05) is 6.20 Å². The van der Waals surface area contributed by atoms with Gasteiger partial charge in [0.1, 0.15) is 5.65 Å². The van der Waals surface area contributed by atoms with Crippen LogP contribution in [0.5, 0.6) is 0 Å². The Kier molecular flexibility index (Phi) is 2.03. The Bertz CT molecular complexity index is 582. The molecule has 15 heavy (non-hydrogen) atoms. The minimum atomic E-state index is -1.14. The second-order valence-electron chi connectivity index (χ2n) is 3.04. The SMILES string of the molecule is CCc1nc2cc[nH]c(=O)n2c1C(=O)O. The molecule has 0 amide bonds. The van der Waals surface area contributed by atoms with Crippen molar-refractivity contribution >= 4 is 11.6 Å². The maximum Gasteiger partial charge on any atom is 0.354 e. The van der Waals surface area contributed by atoms with Crippen molar-refractivity contribution in [2.45, 2.75) is 13.3 Å². The van der Waals surface area contributed by atoms with Gasteiger partial charge in [0.25, 0.3) is 0 Å². The fourth-order valence-electron chi connectivity index (χ4n) is 1.52. The quantitative estimate of drug-likeness (QED) is 0.740. The number of hydrogen-bond donors (Lipinski definition) is 2. The molecule has 2 N–H and O–H groups in total. The Labute approximate surface area is 84.2 Å². The standard InChI is InChI=1S/C9H9N3O3/c1-2-5-7(8(13)14)12-6(11-5)3-4-10-9(12)15/h3-4H,2H2,1H3,(H,10,15)(H,13,14). The minimum absolute atomic E-state index is 0.0608. The van der Waals surface area contributed by atoms with Crippen molar-refractivity contribution in [1.29, 1.82) is 0 Å². The van der Waals surface area contributed by atoms with Crippen molar-refractivity contribution in [3.8, 4) is 0 Å². The predicted molar refractivity (Wildman–Crippen MR) is 52.2 cm³/mol. The smallest absolute Gasteiger partial charge is 0.354 e. The highest BCUT2D eigenvalue weighted by Gasteiger charge is 2.18. The molecule has 0 radical (unpaired) electrons. The Morgan fingerprint density at radius 1 is 1.67 bits per heavy atom. The summed E-state index contributed by atoms with van der Waals surface area (Å²) in [5.74, 6) is -1.14. The van der Waals surface area contributed by atoms with Crippen molar-refractivity contribution in [2.75, 3.05) is 0 Å². The fraction of sp³-hybridized carbons (Fsp3) is 0.222. The van der Waals surface area contributed by atoms with E-state index in [0.717, 1.165) is 4.40 Å². The molecule has 0 saturated carbocycles. The number of hydrogen-bond acceptors (Lipinski definition) is 3. The Balaban J connectivity index is 2.95. The summed E-state index contributed by atoms with van der Waals surface area (Å²) in [6, 6.07) is 1.56.